The number of nitrogens with one attached hydrogen (secondary N) is 3. The number of aliphatic imine (C=N–C) groups is 1. The lowest BCUT2D eigenvalue weighted by atomic mass is 10.1. The Kier molecular flexibility index (Phi) is 10.6. The molecule has 8 heteroatoms. The molecule has 0 atom stereocenters. The fourth-order valence-corrected chi connectivity index (χ4v) is 2.77. The summed E-state index contributed by atoms with van der Waals surface area (Å²) in [5.74, 6) is 1.56. The van der Waals surface area contributed by atoms with Gasteiger partial charge in [-0.15, -0.1) is 24.0 Å². The van der Waals surface area contributed by atoms with Crippen molar-refractivity contribution in [2.75, 3.05) is 11.9 Å². The highest BCUT2D eigenvalue weighted by atomic mass is 127. The van der Waals surface area contributed by atoms with Gasteiger partial charge in [0.2, 0.25) is 5.91 Å². The third-order valence-electron chi connectivity index (χ3n) is 4.05. The molecule has 0 bridgehead atoms. The molecule has 154 valence electrons. The van der Waals surface area contributed by atoms with E-state index in [-0.39, 0.29) is 29.9 Å². The summed E-state index contributed by atoms with van der Waals surface area (Å²) in [5.41, 5.74) is 3.89. The van der Waals surface area contributed by atoms with Crippen LogP contribution in [0.1, 0.15) is 50.3 Å². The summed E-state index contributed by atoms with van der Waals surface area (Å²) < 4.78 is 5.42. The average molecular weight is 499 g/mol. The van der Waals surface area contributed by atoms with Gasteiger partial charge in [0.15, 0.2) is 5.96 Å². The monoisotopic (exact) mass is 499 g/mol. The lowest BCUT2D eigenvalue weighted by Gasteiger charge is -2.12. The first-order chi connectivity index (χ1) is 13.1. The Labute approximate surface area is 183 Å². The van der Waals surface area contributed by atoms with Crippen molar-refractivity contribution in [2.45, 2.75) is 53.6 Å². The van der Waals surface area contributed by atoms with Crippen molar-refractivity contribution in [1.82, 2.24) is 15.8 Å². The normalized spacial score (nSPS) is 10.9. The van der Waals surface area contributed by atoms with Gasteiger partial charge in [-0.3, -0.25) is 4.79 Å². The largest absolute Gasteiger partial charge is 0.361 e. The van der Waals surface area contributed by atoms with E-state index in [4.69, 9.17) is 4.52 Å². The smallest absolute Gasteiger partial charge is 0.221 e. The minimum Gasteiger partial charge on any atom is -0.361 e. The second-order valence-electron chi connectivity index (χ2n) is 6.17. The Morgan fingerprint density at radius 3 is 2.61 bits per heavy atom. The van der Waals surface area contributed by atoms with Gasteiger partial charge in [-0.25, -0.2) is 4.99 Å². The summed E-state index contributed by atoms with van der Waals surface area (Å²) in [7, 11) is 0. The van der Waals surface area contributed by atoms with Crippen LogP contribution in [0.4, 0.5) is 5.69 Å². The summed E-state index contributed by atoms with van der Waals surface area (Å²) in [6.07, 6.45) is 1.65. The molecule has 1 aromatic carbocycles. The number of benzene rings is 1. The van der Waals surface area contributed by atoms with E-state index >= 15 is 0 Å². The molecule has 1 amide bonds. The number of rotatable bonds is 8. The zero-order valence-corrected chi connectivity index (χ0v) is 19.3. The number of aryl methyl sites for hydroxylation is 2. The molecular formula is C20H30IN5O2. The highest BCUT2D eigenvalue weighted by molar-refractivity contribution is 14.0. The minimum atomic E-state index is -0.0853. The van der Waals surface area contributed by atoms with Crippen LogP contribution >= 0.6 is 24.0 Å². The number of carbonyl (C=O) groups excluding carboxylic acids is 1. The Balaban J connectivity index is 0.00000392. The Bertz CT molecular complexity index is 767. The molecule has 0 radical (unpaired) electrons. The van der Waals surface area contributed by atoms with Gasteiger partial charge in [0.25, 0.3) is 0 Å². The van der Waals surface area contributed by atoms with E-state index in [0.29, 0.717) is 13.1 Å². The molecule has 0 aliphatic heterocycles. The van der Waals surface area contributed by atoms with E-state index in [1.54, 1.807) is 0 Å². The molecule has 0 aliphatic rings. The number of anilines is 1. The number of halogens is 1. The third kappa shape index (κ3) is 7.14. The summed E-state index contributed by atoms with van der Waals surface area (Å²) in [6.45, 7) is 9.55. The van der Waals surface area contributed by atoms with Crippen molar-refractivity contribution in [2.24, 2.45) is 4.99 Å². The van der Waals surface area contributed by atoms with Crippen molar-refractivity contribution in [3.8, 4) is 0 Å². The highest BCUT2D eigenvalue weighted by Gasteiger charge is 2.13. The minimum absolute atomic E-state index is 0. The van der Waals surface area contributed by atoms with Crippen molar-refractivity contribution in [1.29, 1.82) is 0 Å². The van der Waals surface area contributed by atoms with Gasteiger partial charge in [0.05, 0.1) is 12.2 Å². The van der Waals surface area contributed by atoms with Crippen LogP contribution < -0.4 is 16.0 Å². The van der Waals surface area contributed by atoms with Crippen LogP contribution in [0, 0.1) is 0 Å². The maximum Gasteiger partial charge on any atom is 0.221 e. The lowest BCUT2D eigenvalue weighted by molar-refractivity contribution is -0.114. The van der Waals surface area contributed by atoms with E-state index in [0.717, 1.165) is 53.6 Å². The molecule has 0 saturated carbocycles. The number of guanidine groups is 1. The van der Waals surface area contributed by atoms with Gasteiger partial charge in [0.1, 0.15) is 5.76 Å². The lowest BCUT2D eigenvalue weighted by Crippen LogP contribution is -2.37. The van der Waals surface area contributed by atoms with Gasteiger partial charge in [0, 0.05) is 37.7 Å². The zero-order valence-electron chi connectivity index (χ0n) is 17.0. The predicted octanol–water partition coefficient (Wildman–Crippen LogP) is 3.63. The first-order valence-corrected chi connectivity index (χ1v) is 9.42. The van der Waals surface area contributed by atoms with E-state index in [1.807, 2.05) is 31.2 Å². The Morgan fingerprint density at radius 2 is 1.96 bits per heavy atom. The van der Waals surface area contributed by atoms with Gasteiger partial charge in [-0.1, -0.05) is 31.1 Å². The summed E-state index contributed by atoms with van der Waals surface area (Å²) in [4.78, 5) is 15.9. The Morgan fingerprint density at radius 1 is 1.18 bits per heavy atom. The first-order valence-electron chi connectivity index (χ1n) is 9.42. The summed E-state index contributed by atoms with van der Waals surface area (Å²) in [5, 5.41) is 13.6. The van der Waals surface area contributed by atoms with Crippen LogP contribution in [0.25, 0.3) is 0 Å². The molecule has 7 nitrogen and oxygen atoms in total. The molecule has 0 fully saturated rings. The predicted molar refractivity (Wildman–Crippen MR) is 123 cm³/mol. The van der Waals surface area contributed by atoms with Crippen LogP contribution in [0.3, 0.4) is 0 Å². The van der Waals surface area contributed by atoms with Crippen molar-refractivity contribution in [3.05, 3.63) is 46.8 Å². The van der Waals surface area contributed by atoms with E-state index in [1.165, 1.54) is 6.92 Å². The molecule has 2 rings (SSSR count). The number of nitrogens with zero attached hydrogens (tertiary/aromatic N) is 2. The SMILES string of the molecule is CCNC(=NCc1cccc(NC(C)=O)c1)NCc1c(CC)noc1CC.I. The number of hydrogen-bond donors (Lipinski definition) is 3. The fraction of sp³-hybridized carbons (Fsp3) is 0.450. The third-order valence-corrected chi connectivity index (χ3v) is 4.05. The number of carbonyl (C=O) groups is 1. The molecule has 0 aliphatic carbocycles. The van der Waals surface area contributed by atoms with Crippen LogP contribution in [-0.2, 0) is 30.7 Å². The van der Waals surface area contributed by atoms with Crippen LogP contribution in [0.15, 0.2) is 33.8 Å². The molecule has 0 saturated heterocycles. The molecule has 0 unspecified atom stereocenters. The topological polar surface area (TPSA) is 91.5 Å². The molecule has 1 aromatic heterocycles. The van der Waals surface area contributed by atoms with E-state index in [9.17, 15) is 4.79 Å². The maximum atomic E-state index is 11.2. The van der Waals surface area contributed by atoms with E-state index < -0.39 is 0 Å². The molecule has 1 heterocycles. The van der Waals surface area contributed by atoms with Crippen LogP contribution in [0.2, 0.25) is 0 Å². The molecular weight excluding hydrogens is 469 g/mol. The molecule has 28 heavy (non-hydrogen) atoms. The van der Waals surface area contributed by atoms with Gasteiger partial charge >= 0.3 is 0 Å². The second-order valence-corrected chi connectivity index (χ2v) is 6.17. The van der Waals surface area contributed by atoms with Gasteiger partial charge < -0.3 is 20.5 Å². The van der Waals surface area contributed by atoms with Crippen molar-refractivity contribution in [3.63, 3.8) is 0 Å². The van der Waals surface area contributed by atoms with Crippen molar-refractivity contribution >= 4 is 41.5 Å². The second kappa shape index (κ2) is 12.4. The van der Waals surface area contributed by atoms with Crippen LogP contribution in [0.5, 0.6) is 0 Å². The standard InChI is InChI=1S/C20H29N5O2.HI/c1-5-18-17(19(6-2)27-25-18)13-23-20(21-7-3)22-12-15-9-8-10-16(11-15)24-14(4)26;/h8-11H,5-7,12-13H2,1-4H3,(H,24,26)(H2,21,22,23);1H. The molecule has 0 spiro atoms. The van der Waals surface area contributed by atoms with Crippen molar-refractivity contribution < 1.29 is 9.32 Å². The van der Waals surface area contributed by atoms with E-state index in [2.05, 4.69) is 39.9 Å². The maximum absolute atomic E-state index is 11.2. The van der Waals surface area contributed by atoms with Crippen LogP contribution in [-0.4, -0.2) is 23.6 Å². The first kappa shape index (κ1) is 23.9. The highest BCUT2D eigenvalue weighted by Crippen LogP contribution is 2.15. The van der Waals surface area contributed by atoms with Gasteiger partial charge in [-0.05, 0) is 31.0 Å². The number of hydrogen-bond acceptors (Lipinski definition) is 4. The Hall–Kier alpha value is -2.10. The summed E-state index contributed by atoms with van der Waals surface area (Å²) >= 11 is 0. The fourth-order valence-electron chi connectivity index (χ4n) is 2.77. The summed E-state index contributed by atoms with van der Waals surface area (Å²) in [6, 6.07) is 7.69. The zero-order chi connectivity index (χ0) is 19.6. The molecule has 3 N–H and O–H groups in total. The number of aromatic nitrogens is 1. The molecule has 2 aromatic rings. The van der Waals surface area contributed by atoms with Gasteiger partial charge in [-0.2, -0.15) is 0 Å². The average Bonchev–Trinajstić information content (AvgIpc) is 3.05. The number of amides is 1. The quantitative estimate of drug-likeness (QED) is 0.293.